The molecule has 0 aliphatic carbocycles. The number of anilines is 3. The van der Waals surface area contributed by atoms with Gasteiger partial charge in [0.2, 0.25) is 5.88 Å². The van der Waals surface area contributed by atoms with Gasteiger partial charge in [0, 0.05) is 11.9 Å². The third kappa shape index (κ3) is 4.21. The minimum atomic E-state index is -0.676. The van der Waals surface area contributed by atoms with Crippen molar-refractivity contribution in [1.82, 2.24) is 15.0 Å². The van der Waals surface area contributed by atoms with E-state index < -0.39 is 6.09 Å². The summed E-state index contributed by atoms with van der Waals surface area (Å²) in [6, 6.07) is 8.87. The summed E-state index contributed by atoms with van der Waals surface area (Å²) < 4.78 is 10.4. The van der Waals surface area contributed by atoms with Gasteiger partial charge in [-0.25, -0.2) is 19.7 Å². The van der Waals surface area contributed by atoms with Gasteiger partial charge in [-0.2, -0.15) is 0 Å². The van der Waals surface area contributed by atoms with Crippen molar-refractivity contribution in [3.05, 3.63) is 47.7 Å². The number of carbonyl (C=O) groups excluding carboxylic acids is 1. The van der Waals surface area contributed by atoms with Crippen molar-refractivity contribution < 1.29 is 14.3 Å². The number of amides is 1. The van der Waals surface area contributed by atoms with Crippen LogP contribution in [0.15, 0.2) is 42.0 Å². The van der Waals surface area contributed by atoms with Crippen LogP contribution in [0.25, 0.3) is 0 Å². The van der Waals surface area contributed by atoms with E-state index in [1.165, 1.54) is 18.4 Å². The fraction of sp³-hybridized carbons (Fsp3) is 0.125. The zero-order valence-electron chi connectivity index (χ0n) is 13.5. The average Bonchev–Trinajstić information content (AvgIpc) is 3.02. The van der Waals surface area contributed by atoms with Crippen LogP contribution in [0.5, 0.6) is 11.8 Å². The Morgan fingerprint density at radius 2 is 2.04 bits per heavy atom. The van der Waals surface area contributed by atoms with Crippen molar-refractivity contribution in [2.24, 2.45) is 0 Å². The Morgan fingerprint density at radius 1 is 1.16 bits per heavy atom. The molecule has 0 aliphatic heterocycles. The van der Waals surface area contributed by atoms with E-state index in [1.54, 1.807) is 36.0 Å². The molecule has 0 saturated heterocycles. The third-order valence-electron chi connectivity index (χ3n) is 3.06. The highest BCUT2D eigenvalue weighted by Gasteiger charge is 2.15. The maximum atomic E-state index is 12.0. The summed E-state index contributed by atoms with van der Waals surface area (Å²) in [5.41, 5.74) is 3.00. The zero-order valence-corrected chi connectivity index (χ0v) is 14.3. The smallest absolute Gasteiger partial charge is 0.419 e. The molecule has 0 spiro atoms. The van der Waals surface area contributed by atoms with Crippen LogP contribution in [0.3, 0.4) is 0 Å². The molecule has 0 atom stereocenters. The molecule has 3 heterocycles. The number of aromatic nitrogens is 3. The van der Waals surface area contributed by atoms with Crippen LogP contribution < -0.4 is 20.1 Å². The molecule has 8 nitrogen and oxygen atoms in total. The van der Waals surface area contributed by atoms with Gasteiger partial charge in [0.1, 0.15) is 11.5 Å². The summed E-state index contributed by atoms with van der Waals surface area (Å²) >= 11 is 1.29. The maximum absolute atomic E-state index is 12.0. The molecule has 3 rings (SSSR count). The molecule has 0 unspecified atom stereocenters. The first kappa shape index (κ1) is 16.7. The maximum Gasteiger partial charge on any atom is 0.419 e. The Labute approximate surface area is 147 Å². The Morgan fingerprint density at radius 3 is 2.84 bits per heavy atom. The highest BCUT2D eigenvalue weighted by molar-refractivity contribution is 7.14. The number of nitrogens with zero attached hydrogens (tertiary/aromatic N) is 3. The topological polar surface area (TPSA) is 98.3 Å². The molecule has 128 valence electrons. The Hall–Kier alpha value is -3.20. The van der Waals surface area contributed by atoms with Crippen molar-refractivity contribution in [1.29, 1.82) is 0 Å². The summed E-state index contributed by atoms with van der Waals surface area (Å²) in [7, 11) is 1.53. The molecule has 0 radical (unpaired) electrons. The van der Waals surface area contributed by atoms with E-state index in [4.69, 9.17) is 9.47 Å². The number of hydrogen-bond acceptors (Lipinski definition) is 8. The molecule has 3 aromatic rings. The number of ether oxygens (including phenoxy) is 2. The van der Waals surface area contributed by atoms with Crippen molar-refractivity contribution in [3.8, 4) is 11.8 Å². The second-order valence-electron chi connectivity index (χ2n) is 4.85. The molecule has 0 fully saturated rings. The molecular formula is C16H15N5O3S. The molecule has 2 N–H and O–H groups in total. The summed E-state index contributed by atoms with van der Waals surface area (Å²) in [5.74, 6) is 0.986. The van der Waals surface area contributed by atoms with Gasteiger partial charge in [-0.05, 0) is 31.2 Å². The lowest BCUT2D eigenvalue weighted by molar-refractivity contribution is 0.214. The lowest BCUT2D eigenvalue weighted by Crippen LogP contribution is -2.18. The van der Waals surface area contributed by atoms with Gasteiger partial charge in [0.15, 0.2) is 5.00 Å². The van der Waals surface area contributed by atoms with E-state index in [0.29, 0.717) is 22.4 Å². The van der Waals surface area contributed by atoms with E-state index in [0.717, 1.165) is 5.69 Å². The monoisotopic (exact) mass is 357 g/mol. The first-order valence-electron chi connectivity index (χ1n) is 7.27. The van der Waals surface area contributed by atoms with Crippen LogP contribution in [0.1, 0.15) is 5.69 Å². The Balaban J connectivity index is 1.70. The second kappa shape index (κ2) is 7.58. The quantitative estimate of drug-likeness (QED) is 0.720. The first-order valence-corrected chi connectivity index (χ1v) is 8.15. The van der Waals surface area contributed by atoms with Gasteiger partial charge in [-0.1, -0.05) is 6.07 Å². The van der Waals surface area contributed by atoms with Crippen molar-refractivity contribution in [2.45, 2.75) is 6.92 Å². The van der Waals surface area contributed by atoms with Gasteiger partial charge in [-0.15, -0.1) is 11.3 Å². The van der Waals surface area contributed by atoms with Gasteiger partial charge in [0.05, 0.1) is 12.6 Å². The van der Waals surface area contributed by atoms with Crippen LogP contribution in [0.4, 0.5) is 21.3 Å². The van der Waals surface area contributed by atoms with E-state index >= 15 is 0 Å². The van der Waals surface area contributed by atoms with Crippen LogP contribution in [0, 0.1) is 6.92 Å². The lowest BCUT2D eigenvalue weighted by Gasteiger charge is -2.09. The van der Waals surface area contributed by atoms with E-state index in [2.05, 4.69) is 25.6 Å². The molecule has 9 heteroatoms. The number of hydrogen-bond donors (Lipinski definition) is 2. The van der Waals surface area contributed by atoms with Gasteiger partial charge in [-0.3, -0.25) is 5.32 Å². The Bertz CT molecular complexity index is 883. The number of carbonyl (C=O) groups is 1. The van der Waals surface area contributed by atoms with Gasteiger partial charge < -0.3 is 14.8 Å². The van der Waals surface area contributed by atoms with Crippen LogP contribution in [-0.4, -0.2) is 28.2 Å². The number of methoxy groups -OCH3 is 1. The molecule has 25 heavy (non-hydrogen) atoms. The van der Waals surface area contributed by atoms with E-state index in [9.17, 15) is 4.79 Å². The number of thiazole rings is 1. The van der Waals surface area contributed by atoms with Gasteiger partial charge in [0.25, 0.3) is 5.88 Å². The number of aryl methyl sites for hydroxylation is 1. The molecule has 0 aromatic carbocycles. The van der Waals surface area contributed by atoms with Crippen LogP contribution in [-0.2, 0) is 0 Å². The fourth-order valence-corrected chi connectivity index (χ4v) is 2.61. The first-order chi connectivity index (χ1) is 12.2. The summed E-state index contributed by atoms with van der Waals surface area (Å²) in [6.45, 7) is 1.83. The SMILES string of the molecule is COc1ncccc1Nc1scnc1OC(=O)Nc1cccc(C)n1. The van der Waals surface area contributed by atoms with Crippen molar-refractivity contribution >= 4 is 33.9 Å². The van der Waals surface area contributed by atoms with Gasteiger partial charge >= 0.3 is 6.09 Å². The number of pyridine rings is 2. The normalized spacial score (nSPS) is 10.2. The standard InChI is InChI=1S/C16H15N5O3S/c1-10-5-3-7-12(19-10)21-16(22)24-14-15(25-9-18-14)20-11-6-4-8-17-13(11)23-2/h3-9,20H,1-2H3,(H,19,21,22). The predicted octanol–water partition coefficient (Wildman–Crippen LogP) is 3.60. The molecule has 0 saturated carbocycles. The molecule has 1 amide bonds. The molecular weight excluding hydrogens is 342 g/mol. The van der Waals surface area contributed by atoms with Crippen molar-refractivity contribution in [2.75, 3.05) is 17.7 Å². The summed E-state index contributed by atoms with van der Waals surface area (Å²) in [4.78, 5) is 24.4. The Kier molecular flexibility index (Phi) is 5.05. The zero-order chi connectivity index (χ0) is 17.6. The average molecular weight is 357 g/mol. The number of rotatable bonds is 5. The lowest BCUT2D eigenvalue weighted by atomic mass is 10.4. The highest BCUT2D eigenvalue weighted by Crippen LogP contribution is 2.33. The summed E-state index contributed by atoms with van der Waals surface area (Å²) in [5, 5.41) is 6.21. The third-order valence-corrected chi connectivity index (χ3v) is 3.78. The molecule has 0 bridgehead atoms. The van der Waals surface area contributed by atoms with Crippen LogP contribution in [0.2, 0.25) is 0 Å². The largest absolute Gasteiger partial charge is 0.480 e. The fourth-order valence-electron chi connectivity index (χ4n) is 1.99. The molecule has 3 aromatic heterocycles. The summed E-state index contributed by atoms with van der Waals surface area (Å²) in [6.07, 6.45) is 0.946. The molecule has 0 aliphatic rings. The predicted molar refractivity (Wildman–Crippen MR) is 94.8 cm³/mol. The highest BCUT2D eigenvalue weighted by atomic mass is 32.1. The van der Waals surface area contributed by atoms with Crippen LogP contribution >= 0.6 is 11.3 Å². The second-order valence-corrected chi connectivity index (χ2v) is 5.71. The minimum Gasteiger partial charge on any atom is -0.480 e. The van der Waals surface area contributed by atoms with E-state index in [1.807, 2.05) is 13.0 Å². The van der Waals surface area contributed by atoms with Crippen molar-refractivity contribution in [3.63, 3.8) is 0 Å². The minimum absolute atomic E-state index is 0.154. The number of nitrogens with one attached hydrogen (secondary N) is 2. The van der Waals surface area contributed by atoms with E-state index in [-0.39, 0.29) is 5.88 Å².